The summed E-state index contributed by atoms with van der Waals surface area (Å²) in [4.78, 5) is 9.58. The lowest BCUT2D eigenvalue weighted by atomic mass is 10.4. The van der Waals surface area contributed by atoms with Gasteiger partial charge in [-0.05, 0) is 6.08 Å². The van der Waals surface area contributed by atoms with Gasteiger partial charge in [-0.15, -0.1) is 0 Å². The van der Waals surface area contributed by atoms with Gasteiger partial charge < -0.3 is 5.11 Å². The summed E-state index contributed by atoms with van der Waals surface area (Å²) in [5, 5.41) is 8.16. The predicted molar refractivity (Wildman–Crippen MR) is 31.4 cm³/mol. The molecule has 0 aliphatic carbocycles. The van der Waals surface area contributed by atoms with Crippen molar-refractivity contribution in [2.45, 2.75) is 0 Å². The second kappa shape index (κ2) is 6.11. The first-order valence-electron chi connectivity index (χ1n) is 2.29. The van der Waals surface area contributed by atoms with Crippen LogP contribution in [0, 0.1) is 0 Å². The van der Waals surface area contributed by atoms with E-state index in [-0.39, 0.29) is 6.61 Å². The molecule has 0 saturated carbocycles. The van der Waals surface area contributed by atoms with E-state index in [2.05, 4.69) is 0 Å². The fourth-order valence-corrected chi connectivity index (χ4v) is 0.249. The molecule has 0 saturated heterocycles. The number of carbonyl (C=O) groups excluding carboxylic acids is 1. The zero-order valence-corrected chi connectivity index (χ0v) is 4.45. The van der Waals surface area contributed by atoms with E-state index >= 15 is 0 Å². The Hall–Kier alpha value is -0.890. The van der Waals surface area contributed by atoms with Gasteiger partial charge in [0.1, 0.15) is 6.29 Å². The highest BCUT2D eigenvalue weighted by molar-refractivity contribution is 5.65. The molecule has 0 aromatic carbocycles. The summed E-state index contributed by atoms with van der Waals surface area (Å²) in [6, 6.07) is 0. The molecule has 0 aromatic heterocycles. The quantitative estimate of drug-likeness (QED) is 0.323. The van der Waals surface area contributed by atoms with Crippen molar-refractivity contribution in [3.8, 4) is 0 Å². The lowest BCUT2D eigenvalue weighted by Gasteiger charge is -1.70. The first kappa shape index (κ1) is 7.11. The van der Waals surface area contributed by atoms with Crippen LogP contribution in [0.4, 0.5) is 0 Å². The first-order valence-corrected chi connectivity index (χ1v) is 2.29. The molecule has 44 valence electrons. The smallest absolute Gasteiger partial charge is 0.142 e. The molecule has 0 amide bonds. The van der Waals surface area contributed by atoms with Crippen molar-refractivity contribution in [2.24, 2.45) is 0 Å². The topological polar surface area (TPSA) is 37.3 Å². The SMILES string of the molecule is O=CC=CC=CCO. The number of aliphatic hydroxyl groups is 1. The van der Waals surface area contributed by atoms with Gasteiger partial charge in [-0.2, -0.15) is 0 Å². The maximum Gasteiger partial charge on any atom is 0.142 e. The molecule has 1 N–H and O–H groups in total. The van der Waals surface area contributed by atoms with Crippen molar-refractivity contribution in [1.29, 1.82) is 0 Å². The molecule has 0 radical (unpaired) electrons. The molecule has 0 bridgehead atoms. The number of allylic oxidation sites excluding steroid dienone is 3. The zero-order chi connectivity index (χ0) is 6.24. The van der Waals surface area contributed by atoms with Gasteiger partial charge in [-0.25, -0.2) is 0 Å². The summed E-state index contributed by atoms with van der Waals surface area (Å²) in [6.45, 7) is 0.0171. The lowest BCUT2D eigenvalue weighted by Crippen LogP contribution is -1.67. The maximum absolute atomic E-state index is 9.58. The summed E-state index contributed by atoms with van der Waals surface area (Å²) in [6.07, 6.45) is 6.74. The van der Waals surface area contributed by atoms with Crippen molar-refractivity contribution in [2.75, 3.05) is 6.61 Å². The molecule has 0 atom stereocenters. The molecular weight excluding hydrogens is 104 g/mol. The van der Waals surface area contributed by atoms with Crippen molar-refractivity contribution in [3.05, 3.63) is 24.3 Å². The van der Waals surface area contributed by atoms with Gasteiger partial charge in [0.2, 0.25) is 0 Å². The Labute approximate surface area is 48.1 Å². The summed E-state index contributed by atoms with van der Waals surface area (Å²) < 4.78 is 0. The van der Waals surface area contributed by atoms with E-state index in [4.69, 9.17) is 5.11 Å². The number of rotatable bonds is 3. The zero-order valence-electron chi connectivity index (χ0n) is 4.45. The molecule has 2 nitrogen and oxygen atoms in total. The average molecular weight is 112 g/mol. The molecule has 0 heterocycles. The molecule has 0 rings (SSSR count). The van der Waals surface area contributed by atoms with E-state index in [9.17, 15) is 4.79 Å². The molecule has 0 aliphatic heterocycles. The molecule has 0 aromatic rings. The van der Waals surface area contributed by atoms with Crippen LogP contribution < -0.4 is 0 Å². The van der Waals surface area contributed by atoms with Crippen LogP contribution in [-0.4, -0.2) is 18.0 Å². The molecular formula is C6H8O2. The third kappa shape index (κ3) is 5.11. The largest absolute Gasteiger partial charge is 0.392 e. The summed E-state index contributed by atoms with van der Waals surface area (Å²) >= 11 is 0. The standard InChI is InChI=1S/C6H8O2/c7-5-3-1-2-4-6-8/h1-5,8H,6H2. The van der Waals surface area contributed by atoms with E-state index in [1.807, 2.05) is 0 Å². The summed E-state index contributed by atoms with van der Waals surface area (Å²) in [5.41, 5.74) is 0. The van der Waals surface area contributed by atoms with Gasteiger partial charge in [0.25, 0.3) is 0 Å². The molecule has 2 heteroatoms. The number of aldehydes is 1. The minimum atomic E-state index is 0.0171. The molecule has 0 aliphatic rings. The van der Waals surface area contributed by atoms with E-state index in [1.54, 1.807) is 18.2 Å². The minimum absolute atomic E-state index is 0.0171. The van der Waals surface area contributed by atoms with Crippen molar-refractivity contribution < 1.29 is 9.90 Å². The monoisotopic (exact) mass is 112 g/mol. The maximum atomic E-state index is 9.58. The van der Waals surface area contributed by atoms with E-state index in [0.29, 0.717) is 6.29 Å². The lowest BCUT2D eigenvalue weighted by molar-refractivity contribution is -0.104. The Morgan fingerprint density at radius 3 is 2.50 bits per heavy atom. The molecule has 8 heavy (non-hydrogen) atoms. The van der Waals surface area contributed by atoms with Gasteiger partial charge in [0.05, 0.1) is 6.61 Å². The summed E-state index contributed by atoms with van der Waals surface area (Å²) in [7, 11) is 0. The molecule has 0 fully saturated rings. The molecule has 0 unspecified atom stereocenters. The van der Waals surface area contributed by atoms with Crippen LogP contribution in [0.5, 0.6) is 0 Å². The highest BCUT2D eigenvalue weighted by atomic mass is 16.2. The highest BCUT2D eigenvalue weighted by Gasteiger charge is 1.61. The van der Waals surface area contributed by atoms with Crippen molar-refractivity contribution >= 4 is 6.29 Å². The van der Waals surface area contributed by atoms with Gasteiger partial charge in [-0.1, -0.05) is 18.2 Å². The average Bonchev–Trinajstić information content (AvgIpc) is 1.81. The van der Waals surface area contributed by atoms with Crippen LogP contribution in [0.1, 0.15) is 0 Å². The fourth-order valence-electron chi connectivity index (χ4n) is 0.249. The minimum Gasteiger partial charge on any atom is -0.392 e. The van der Waals surface area contributed by atoms with Crippen molar-refractivity contribution in [3.63, 3.8) is 0 Å². The van der Waals surface area contributed by atoms with Crippen LogP contribution >= 0.6 is 0 Å². The molecule has 0 spiro atoms. The number of aliphatic hydroxyl groups excluding tert-OH is 1. The van der Waals surface area contributed by atoms with Crippen LogP contribution in [0.2, 0.25) is 0 Å². The number of hydrogen-bond acceptors (Lipinski definition) is 2. The highest BCUT2D eigenvalue weighted by Crippen LogP contribution is 1.71. The second-order valence-electron chi connectivity index (χ2n) is 1.13. The van der Waals surface area contributed by atoms with E-state index in [0.717, 1.165) is 0 Å². The van der Waals surface area contributed by atoms with Crippen LogP contribution in [0.15, 0.2) is 24.3 Å². The van der Waals surface area contributed by atoms with Crippen LogP contribution in [-0.2, 0) is 4.79 Å². The Kier molecular flexibility index (Phi) is 5.43. The Balaban J connectivity index is 3.26. The second-order valence-corrected chi connectivity index (χ2v) is 1.13. The first-order chi connectivity index (χ1) is 3.91. The van der Waals surface area contributed by atoms with E-state index < -0.39 is 0 Å². The van der Waals surface area contributed by atoms with Gasteiger partial charge >= 0.3 is 0 Å². The Morgan fingerprint density at radius 1 is 1.25 bits per heavy atom. The summed E-state index contributed by atoms with van der Waals surface area (Å²) in [5.74, 6) is 0. The third-order valence-electron chi connectivity index (χ3n) is 0.542. The van der Waals surface area contributed by atoms with Crippen LogP contribution in [0.3, 0.4) is 0 Å². The Morgan fingerprint density at radius 2 is 2.00 bits per heavy atom. The Bertz CT molecular complexity index is 103. The number of carbonyl (C=O) groups is 1. The van der Waals surface area contributed by atoms with Gasteiger partial charge in [0, 0.05) is 0 Å². The third-order valence-corrected chi connectivity index (χ3v) is 0.542. The fraction of sp³-hybridized carbons (Fsp3) is 0.167. The predicted octanol–water partition coefficient (Wildman–Crippen LogP) is 0.290. The number of hydrogen-bond donors (Lipinski definition) is 1. The van der Waals surface area contributed by atoms with Crippen molar-refractivity contribution in [1.82, 2.24) is 0 Å². The van der Waals surface area contributed by atoms with Crippen LogP contribution in [0.25, 0.3) is 0 Å². The van der Waals surface area contributed by atoms with Gasteiger partial charge in [-0.3, -0.25) is 4.79 Å². The van der Waals surface area contributed by atoms with E-state index in [1.165, 1.54) is 6.08 Å². The normalized spacial score (nSPS) is 11.1. The van der Waals surface area contributed by atoms with Gasteiger partial charge in [0.15, 0.2) is 0 Å².